The van der Waals surface area contributed by atoms with Gasteiger partial charge < -0.3 is 15.5 Å². The van der Waals surface area contributed by atoms with Gasteiger partial charge in [-0.15, -0.1) is 0 Å². The van der Waals surface area contributed by atoms with Gasteiger partial charge in [0.05, 0.1) is 12.3 Å². The van der Waals surface area contributed by atoms with Crippen LogP contribution in [-0.2, 0) is 6.42 Å². The van der Waals surface area contributed by atoms with Gasteiger partial charge in [-0.3, -0.25) is 0 Å². The van der Waals surface area contributed by atoms with Crippen molar-refractivity contribution in [3.63, 3.8) is 0 Å². The quantitative estimate of drug-likeness (QED) is 0.827. The fraction of sp³-hybridized carbons (Fsp3) is 0.308. The number of H-pyrrole nitrogens is 1. The zero-order valence-electron chi connectivity index (χ0n) is 9.89. The van der Waals surface area contributed by atoms with Crippen LogP contribution < -0.4 is 10.5 Å². The van der Waals surface area contributed by atoms with E-state index in [9.17, 15) is 0 Å². The lowest BCUT2D eigenvalue weighted by molar-refractivity contribution is 0.319. The molecule has 1 aromatic heterocycles. The molecule has 0 aliphatic carbocycles. The molecule has 1 heterocycles. The van der Waals surface area contributed by atoms with Crippen LogP contribution in [0.3, 0.4) is 0 Å². The van der Waals surface area contributed by atoms with E-state index in [4.69, 9.17) is 10.5 Å². The number of aromatic amines is 1. The molecule has 4 heteroatoms. The number of nitrogens with one attached hydrogen (secondary N) is 1. The zero-order valence-corrected chi connectivity index (χ0v) is 9.89. The lowest BCUT2D eigenvalue weighted by atomic mass is 10.3. The third-order valence-electron chi connectivity index (χ3n) is 2.49. The SMILES string of the molecule is CC(N)c1cnc(CCOc2ccccc2)[nH]1. The molecule has 0 aliphatic rings. The molecule has 0 saturated heterocycles. The first-order valence-electron chi connectivity index (χ1n) is 5.73. The number of imidazole rings is 1. The predicted molar refractivity (Wildman–Crippen MR) is 66.8 cm³/mol. The van der Waals surface area contributed by atoms with E-state index in [2.05, 4.69) is 9.97 Å². The van der Waals surface area contributed by atoms with E-state index in [0.29, 0.717) is 6.61 Å². The fourth-order valence-electron chi connectivity index (χ4n) is 1.52. The lowest BCUT2D eigenvalue weighted by Gasteiger charge is -2.04. The van der Waals surface area contributed by atoms with Crippen molar-refractivity contribution >= 4 is 0 Å². The maximum atomic E-state index is 5.74. The Bertz CT molecular complexity index is 451. The summed E-state index contributed by atoms with van der Waals surface area (Å²) in [7, 11) is 0. The molecule has 1 unspecified atom stereocenters. The molecule has 0 bridgehead atoms. The Morgan fingerprint density at radius 2 is 2.12 bits per heavy atom. The molecule has 0 spiro atoms. The van der Waals surface area contributed by atoms with Crippen LogP contribution in [0.4, 0.5) is 0 Å². The second-order valence-corrected chi connectivity index (χ2v) is 3.99. The topological polar surface area (TPSA) is 63.9 Å². The Kier molecular flexibility index (Phi) is 3.77. The van der Waals surface area contributed by atoms with Crippen molar-refractivity contribution in [2.24, 2.45) is 5.73 Å². The minimum atomic E-state index is -0.00806. The summed E-state index contributed by atoms with van der Waals surface area (Å²) in [6, 6.07) is 9.75. The molecular weight excluding hydrogens is 214 g/mol. The smallest absolute Gasteiger partial charge is 0.119 e. The van der Waals surface area contributed by atoms with E-state index < -0.39 is 0 Å². The van der Waals surface area contributed by atoms with Crippen molar-refractivity contribution in [3.05, 3.63) is 48.0 Å². The molecule has 1 atom stereocenters. The van der Waals surface area contributed by atoms with Crippen molar-refractivity contribution < 1.29 is 4.74 Å². The molecule has 1 aromatic carbocycles. The maximum absolute atomic E-state index is 5.74. The second-order valence-electron chi connectivity index (χ2n) is 3.99. The Hall–Kier alpha value is -1.81. The highest BCUT2D eigenvalue weighted by Gasteiger charge is 2.04. The van der Waals surface area contributed by atoms with Crippen molar-refractivity contribution in [3.8, 4) is 5.75 Å². The van der Waals surface area contributed by atoms with E-state index in [-0.39, 0.29) is 6.04 Å². The summed E-state index contributed by atoms with van der Waals surface area (Å²) in [5, 5.41) is 0. The Labute approximate surface area is 101 Å². The summed E-state index contributed by atoms with van der Waals surface area (Å²) in [6.07, 6.45) is 2.53. The first-order chi connectivity index (χ1) is 8.25. The number of hydrogen-bond acceptors (Lipinski definition) is 3. The van der Waals surface area contributed by atoms with E-state index in [1.807, 2.05) is 37.3 Å². The molecule has 0 fully saturated rings. The number of aromatic nitrogens is 2. The van der Waals surface area contributed by atoms with Crippen LogP contribution >= 0.6 is 0 Å². The van der Waals surface area contributed by atoms with Crippen molar-refractivity contribution in [1.29, 1.82) is 0 Å². The van der Waals surface area contributed by atoms with Gasteiger partial charge in [0, 0.05) is 18.7 Å². The standard InChI is InChI=1S/C13H17N3O/c1-10(14)12-9-15-13(16-12)7-8-17-11-5-3-2-4-6-11/h2-6,9-10H,7-8,14H2,1H3,(H,15,16). The molecule has 0 amide bonds. The molecular formula is C13H17N3O. The number of ether oxygens (including phenoxy) is 1. The van der Waals surface area contributed by atoms with Gasteiger partial charge in [0.25, 0.3) is 0 Å². The summed E-state index contributed by atoms with van der Waals surface area (Å²) in [5.41, 5.74) is 6.70. The second kappa shape index (κ2) is 5.50. The Morgan fingerprint density at radius 3 is 2.76 bits per heavy atom. The summed E-state index contributed by atoms with van der Waals surface area (Å²) < 4.78 is 5.59. The van der Waals surface area contributed by atoms with Crippen LogP contribution in [0.5, 0.6) is 5.75 Å². The Balaban J connectivity index is 1.82. The minimum absolute atomic E-state index is 0.00806. The van der Waals surface area contributed by atoms with Crippen LogP contribution in [0.1, 0.15) is 24.5 Å². The normalized spacial score (nSPS) is 12.4. The molecule has 90 valence electrons. The monoisotopic (exact) mass is 231 g/mol. The van der Waals surface area contributed by atoms with Crippen LogP contribution in [0.15, 0.2) is 36.5 Å². The first-order valence-corrected chi connectivity index (χ1v) is 5.73. The average Bonchev–Trinajstić information content (AvgIpc) is 2.79. The van der Waals surface area contributed by atoms with Crippen LogP contribution in [-0.4, -0.2) is 16.6 Å². The van der Waals surface area contributed by atoms with Gasteiger partial charge in [-0.05, 0) is 19.1 Å². The highest BCUT2D eigenvalue weighted by atomic mass is 16.5. The van der Waals surface area contributed by atoms with Crippen LogP contribution in [0.2, 0.25) is 0 Å². The van der Waals surface area contributed by atoms with Gasteiger partial charge in [0.15, 0.2) is 0 Å². The number of nitrogens with zero attached hydrogens (tertiary/aromatic N) is 1. The van der Waals surface area contributed by atoms with E-state index in [1.54, 1.807) is 6.20 Å². The van der Waals surface area contributed by atoms with Gasteiger partial charge >= 0.3 is 0 Å². The minimum Gasteiger partial charge on any atom is -0.493 e. The number of rotatable bonds is 5. The molecule has 4 nitrogen and oxygen atoms in total. The Morgan fingerprint density at radius 1 is 1.35 bits per heavy atom. The lowest BCUT2D eigenvalue weighted by Crippen LogP contribution is -2.06. The van der Waals surface area contributed by atoms with Crippen molar-refractivity contribution in [2.45, 2.75) is 19.4 Å². The van der Waals surface area contributed by atoms with Gasteiger partial charge in [-0.1, -0.05) is 18.2 Å². The summed E-state index contributed by atoms with van der Waals surface area (Å²) in [6.45, 7) is 2.54. The van der Waals surface area contributed by atoms with Gasteiger partial charge in [0.2, 0.25) is 0 Å². The molecule has 0 radical (unpaired) electrons. The van der Waals surface area contributed by atoms with Crippen LogP contribution in [0, 0.1) is 0 Å². The van der Waals surface area contributed by atoms with Gasteiger partial charge in [-0.25, -0.2) is 4.98 Å². The number of nitrogens with two attached hydrogens (primary N) is 1. The molecule has 2 rings (SSSR count). The maximum Gasteiger partial charge on any atom is 0.119 e. The molecule has 0 saturated carbocycles. The highest BCUT2D eigenvalue weighted by molar-refractivity contribution is 5.20. The summed E-state index contributed by atoms with van der Waals surface area (Å²) in [4.78, 5) is 7.44. The van der Waals surface area contributed by atoms with Gasteiger partial charge in [0.1, 0.15) is 11.6 Å². The zero-order chi connectivity index (χ0) is 12.1. The number of hydrogen-bond donors (Lipinski definition) is 2. The highest BCUT2D eigenvalue weighted by Crippen LogP contribution is 2.09. The fourth-order valence-corrected chi connectivity index (χ4v) is 1.52. The molecule has 2 aromatic rings. The number of para-hydroxylation sites is 1. The average molecular weight is 231 g/mol. The van der Waals surface area contributed by atoms with Crippen LogP contribution in [0.25, 0.3) is 0 Å². The van der Waals surface area contributed by atoms with Crippen molar-refractivity contribution in [2.75, 3.05) is 6.61 Å². The third kappa shape index (κ3) is 3.32. The molecule has 3 N–H and O–H groups in total. The third-order valence-corrected chi connectivity index (χ3v) is 2.49. The largest absolute Gasteiger partial charge is 0.493 e. The molecule has 0 aliphatic heterocycles. The van der Waals surface area contributed by atoms with E-state index in [0.717, 1.165) is 23.7 Å². The first kappa shape index (κ1) is 11.7. The number of benzene rings is 1. The summed E-state index contributed by atoms with van der Waals surface area (Å²) >= 11 is 0. The van der Waals surface area contributed by atoms with E-state index in [1.165, 1.54) is 0 Å². The predicted octanol–water partition coefficient (Wildman–Crippen LogP) is 2.05. The van der Waals surface area contributed by atoms with E-state index >= 15 is 0 Å². The summed E-state index contributed by atoms with van der Waals surface area (Å²) in [5.74, 6) is 1.79. The van der Waals surface area contributed by atoms with Gasteiger partial charge in [-0.2, -0.15) is 0 Å². The molecule has 17 heavy (non-hydrogen) atoms. The van der Waals surface area contributed by atoms with Crippen molar-refractivity contribution in [1.82, 2.24) is 9.97 Å².